The lowest BCUT2D eigenvalue weighted by molar-refractivity contribution is 0.229. The van der Waals surface area contributed by atoms with Crippen LogP contribution >= 0.6 is 0 Å². The van der Waals surface area contributed by atoms with E-state index in [9.17, 15) is 4.39 Å². The Morgan fingerprint density at radius 1 is 1.45 bits per heavy atom. The summed E-state index contributed by atoms with van der Waals surface area (Å²) in [6.45, 7) is 6.87. The van der Waals surface area contributed by atoms with E-state index in [0.717, 1.165) is 18.5 Å². The molecule has 20 heavy (non-hydrogen) atoms. The molecule has 0 amide bonds. The standard InChI is InChI=1S/C16H25FN2O/c1-4-20-15-9-14(13(18)8-12(15)17)19-11-6-5-7-16(2,3)10-11/h8-9,11,19H,4-7,10,18H2,1-3H3. The molecule has 1 aromatic rings. The molecule has 1 atom stereocenters. The Kier molecular flexibility index (Phi) is 4.41. The molecule has 1 saturated carbocycles. The summed E-state index contributed by atoms with van der Waals surface area (Å²) in [6.07, 6.45) is 4.70. The number of nitrogens with one attached hydrogen (secondary N) is 1. The molecule has 112 valence electrons. The molecule has 1 fully saturated rings. The second-order valence-electron chi connectivity index (χ2n) is 6.40. The maximum atomic E-state index is 13.7. The number of ether oxygens (including phenoxy) is 1. The second kappa shape index (κ2) is 5.90. The van der Waals surface area contributed by atoms with Gasteiger partial charge in [0.15, 0.2) is 11.6 Å². The number of nitrogens with two attached hydrogens (primary N) is 1. The first-order valence-electron chi connectivity index (χ1n) is 7.39. The predicted octanol–water partition coefficient (Wildman–Crippen LogP) is 4.19. The molecular formula is C16H25FN2O. The Hall–Kier alpha value is -1.45. The van der Waals surface area contributed by atoms with Gasteiger partial charge >= 0.3 is 0 Å². The van der Waals surface area contributed by atoms with Gasteiger partial charge in [-0.1, -0.05) is 20.3 Å². The molecule has 3 N–H and O–H groups in total. The average molecular weight is 280 g/mol. The van der Waals surface area contributed by atoms with Crippen LogP contribution in [0.3, 0.4) is 0 Å². The smallest absolute Gasteiger partial charge is 0.167 e. The molecule has 0 spiro atoms. The third-order valence-corrected chi connectivity index (χ3v) is 3.97. The highest BCUT2D eigenvalue weighted by molar-refractivity contribution is 5.69. The molecular weight excluding hydrogens is 255 g/mol. The van der Waals surface area contributed by atoms with E-state index in [0.29, 0.717) is 23.8 Å². The van der Waals surface area contributed by atoms with Gasteiger partial charge in [-0.3, -0.25) is 0 Å². The minimum atomic E-state index is -0.404. The Morgan fingerprint density at radius 2 is 2.20 bits per heavy atom. The molecule has 3 nitrogen and oxygen atoms in total. The fourth-order valence-corrected chi connectivity index (χ4v) is 3.00. The summed E-state index contributed by atoms with van der Waals surface area (Å²) in [5, 5.41) is 3.46. The summed E-state index contributed by atoms with van der Waals surface area (Å²) >= 11 is 0. The van der Waals surface area contributed by atoms with Crippen molar-refractivity contribution in [2.24, 2.45) is 5.41 Å². The van der Waals surface area contributed by atoms with Crippen LogP contribution in [0.5, 0.6) is 5.75 Å². The lowest BCUT2D eigenvalue weighted by Crippen LogP contribution is -2.32. The van der Waals surface area contributed by atoms with Crippen LogP contribution in [0.4, 0.5) is 15.8 Å². The molecule has 1 aliphatic rings. The van der Waals surface area contributed by atoms with Crippen LogP contribution < -0.4 is 15.8 Å². The van der Waals surface area contributed by atoms with Crippen molar-refractivity contribution in [2.45, 2.75) is 52.5 Å². The minimum absolute atomic E-state index is 0.263. The summed E-state index contributed by atoms with van der Waals surface area (Å²) in [4.78, 5) is 0. The molecule has 1 unspecified atom stereocenters. The molecule has 0 radical (unpaired) electrons. The number of halogens is 1. The van der Waals surface area contributed by atoms with Gasteiger partial charge in [0.05, 0.1) is 18.0 Å². The zero-order chi connectivity index (χ0) is 14.8. The first-order chi connectivity index (χ1) is 9.41. The Balaban J connectivity index is 2.14. The molecule has 0 heterocycles. The third kappa shape index (κ3) is 3.56. The molecule has 1 aromatic carbocycles. The minimum Gasteiger partial charge on any atom is -0.491 e. The topological polar surface area (TPSA) is 47.3 Å². The van der Waals surface area contributed by atoms with E-state index < -0.39 is 5.82 Å². The summed E-state index contributed by atoms with van der Waals surface area (Å²) in [5.74, 6) is -0.141. The number of benzene rings is 1. The summed E-state index contributed by atoms with van der Waals surface area (Å²) < 4.78 is 19.0. The van der Waals surface area contributed by atoms with Crippen molar-refractivity contribution in [1.29, 1.82) is 0 Å². The van der Waals surface area contributed by atoms with Gasteiger partial charge < -0.3 is 15.8 Å². The van der Waals surface area contributed by atoms with Crippen molar-refractivity contribution in [3.05, 3.63) is 17.9 Å². The van der Waals surface area contributed by atoms with E-state index in [1.165, 1.54) is 18.9 Å². The predicted molar refractivity (Wildman–Crippen MR) is 81.6 cm³/mol. The number of nitrogen functional groups attached to an aromatic ring is 1. The Bertz CT molecular complexity index is 474. The van der Waals surface area contributed by atoms with E-state index in [-0.39, 0.29) is 5.75 Å². The van der Waals surface area contributed by atoms with Crippen molar-refractivity contribution in [3.8, 4) is 5.75 Å². The van der Waals surface area contributed by atoms with E-state index >= 15 is 0 Å². The first kappa shape index (κ1) is 14.9. The molecule has 0 aliphatic heterocycles. The highest BCUT2D eigenvalue weighted by Crippen LogP contribution is 2.37. The number of rotatable bonds is 4. The quantitative estimate of drug-likeness (QED) is 0.813. The van der Waals surface area contributed by atoms with Crippen molar-refractivity contribution < 1.29 is 9.13 Å². The van der Waals surface area contributed by atoms with Crippen molar-refractivity contribution in [2.75, 3.05) is 17.7 Å². The SMILES string of the molecule is CCOc1cc(NC2CCCC(C)(C)C2)c(N)cc1F. The fourth-order valence-electron chi connectivity index (χ4n) is 3.00. The fraction of sp³-hybridized carbons (Fsp3) is 0.625. The largest absolute Gasteiger partial charge is 0.491 e. The Labute approximate surface area is 120 Å². The molecule has 4 heteroatoms. The number of anilines is 2. The van der Waals surface area contributed by atoms with Gasteiger partial charge in [-0.05, 0) is 31.6 Å². The first-order valence-corrected chi connectivity index (χ1v) is 7.39. The van der Waals surface area contributed by atoms with Gasteiger partial charge in [-0.25, -0.2) is 4.39 Å². The lowest BCUT2D eigenvalue weighted by atomic mass is 9.75. The molecule has 0 bridgehead atoms. The van der Waals surface area contributed by atoms with Gasteiger partial charge in [0.1, 0.15) is 0 Å². The highest BCUT2D eigenvalue weighted by Gasteiger charge is 2.28. The third-order valence-electron chi connectivity index (χ3n) is 3.97. The monoisotopic (exact) mass is 280 g/mol. The van der Waals surface area contributed by atoms with Crippen LogP contribution in [0.15, 0.2) is 12.1 Å². The van der Waals surface area contributed by atoms with Crippen LogP contribution in [0.25, 0.3) is 0 Å². The molecule has 0 saturated heterocycles. The van der Waals surface area contributed by atoms with E-state index in [1.54, 1.807) is 6.07 Å². The van der Waals surface area contributed by atoms with Crippen molar-refractivity contribution in [3.63, 3.8) is 0 Å². The van der Waals surface area contributed by atoms with Gasteiger partial charge in [-0.2, -0.15) is 0 Å². The van der Waals surface area contributed by atoms with Gasteiger partial charge in [0.25, 0.3) is 0 Å². The molecule has 2 rings (SSSR count). The van der Waals surface area contributed by atoms with Crippen LogP contribution in [-0.4, -0.2) is 12.6 Å². The highest BCUT2D eigenvalue weighted by atomic mass is 19.1. The van der Waals surface area contributed by atoms with E-state index in [1.807, 2.05) is 6.92 Å². The van der Waals surface area contributed by atoms with Crippen LogP contribution in [-0.2, 0) is 0 Å². The maximum Gasteiger partial charge on any atom is 0.167 e. The molecule has 1 aliphatic carbocycles. The Morgan fingerprint density at radius 3 is 2.85 bits per heavy atom. The van der Waals surface area contributed by atoms with Crippen LogP contribution in [0, 0.1) is 11.2 Å². The number of hydrogen-bond donors (Lipinski definition) is 2. The van der Waals surface area contributed by atoms with Crippen molar-refractivity contribution in [1.82, 2.24) is 0 Å². The second-order valence-corrected chi connectivity index (χ2v) is 6.40. The van der Waals surface area contributed by atoms with Crippen LogP contribution in [0.1, 0.15) is 46.5 Å². The lowest BCUT2D eigenvalue weighted by Gasteiger charge is -2.36. The molecule has 0 aromatic heterocycles. The average Bonchev–Trinajstić information content (AvgIpc) is 2.34. The normalized spacial score (nSPS) is 21.5. The zero-order valence-electron chi connectivity index (χ0n) is 12.6. The van der Waals surface area contributed by atoms with Crippen LogP contribution in [0.2, 0.25) is 0 Å². The van der Waals surface area contributed by atoms with E-state index in [2.05, 4.69) is 19.2 Å². The number of hydrogen-bond acceptors (Lipinski definition) is 3. The van der Waals surface area contributed by atoms with Gasteiger partial charge in [0, 0.05) is 18.2 Å². The van der Waals surface area contributed by atoms with Gasteiger partial charge in [-0.15, -0.1) is 0 Å². The van der Waals surface area contributed by atoms with Crippen molar-refractivity contribution >= 4 is 11.4 Å². The summed E-state index contributed by atoms with van der Waals surface area (Å²) in [7, 11) is 0. The summed E-state index contributed by atoms with van der Waals surface area (Å²) in [6, 6.07) is 3.40. The van der Waals surface area contributed by atoms with E-state index in [4.69, 9.17) is 10.5 Å². The maximum absolute atomic E-state index is 13.7. The zero-order valence-corrected chi connectivity index (χ0v) is 12.6. The van der Waals surface area contributed by atoms with Gasteiger partial charge in [0.2, 0.25) is 0 Å². The summed E-state index contributed by atoms with van der Waals surface area (Å²) in [5.41, 5.74) is 7.48.